The van der Waals surface area contributed by atoms with Crippen LogP contribution in [0, 0.1) is 0 Å². The van der Waals surface area contributed by atoms with E-state index in [9.17, 15) is 4.79 Å². The molecule has 2 rings (SSSR count). The molecule has 2 aromatic rings. The highest BCUT2D eigenvalue weighted by molar-refractivity contribution is 6.61. The molecule has 1 heterocycles. The van der Waals surface area contributed by atoms with E-state index in [4.69, 9.17) is 14.5 Å². The summed E-state index contributed by atoms with van der Waals surface area (Å²) in [5.74, 6) is 0. The molecule has 5 heteroatoms. The van der Waals surface area contributed by atoms with Crippen LogP contribution in [0.2, 0.25) is 0 Å². The fourth-order valence-corrected chi connectivity index (χ4v) is 1.39. The highest BCUT2D eigenvalue weighted by atomic mass is 16.4. The molecule has 0 fully saturated rings. The van der Waals surface area contributed by atoms with Gasteiger partial charge in [0.25, 0.3) is 0 Å². The second-order valence-electron chi connectivity index (χ2n) is 2.94. The number of carbonyl (C=O) groups excluding carboxylic acids is 1. The van der Waals surface area contributed by atoms with E-state index in [2.05, 4.69) is 0 Å². The molecule has 0 saturated carbocycles. The number of benzene rings is 1. The second kappa shape index (κ2) is 3.28. The molecule has 0 unspecified atom stereocenters. The maximum Gasteiger partial charge on any atom is 0.492 e. The average Bonchev–Trinajstić information content (AvgIpc) is 2.63. The van der Waals surface area contributed by atoms with Gasteiger partial charge in [0.2, 0.25) is 0 Å². The van der Waals surface area contributed by atoms with Crippen LogP contribution in [0.4, 0.5) is 0 Å². The molecular weight excluding hydrogens is 183 g/mol. The van der Waals surface area contributed by atoms with Gasteiger partial charge in [0.15, 0.2) is 0 Å². The molecular formula is C9H7BO4. The number of aldehydes is 1. The van der Waals surface area contributed by atoms with Crippen molar-refractivity contribution in [1.29, 1.82) is 0 Å². The molecule has 0 bridgehead atoms. The van der Waals surface area contributed by atoms with E-state index in [0.29, 0.717) is 22.8 Å². The summed E-state index contributed by atoms with van der Waals surface area (Å²) in [6.45, 7) is 0. The standard InChI is InChI=1S/C9H7BO4/c11-5-6-3-7-1-2-14-9(7)8(4-6)10(12)13/h1-5,12-13H. The zero-order chi connectivity index (χ0) is 10.1. The maximum atomic E-state index is 10.6. The molecule has 0 radical (unpaired) electrons. The monoisotopic (exact) mass is 190 g/mol. The summed E-state index contributed by atoms with van der Waals surface area (Å²) >= 11 is 0. The molecule has 0 aliphatic carbocycles. The largest absolute Gasteiger partial charge is 0.492 e. The Morgan fingerprint density at radius 2 is 2.14 bits per heavy atom. The van der Waals surface area contributed by atoms with Crippen molar-refractivity contribution in [2.24, 2.45) is 0 Å². The van der Waals surface area contributed by atoms with Gasteiger partial charge >= 0.3 is 7.12 Å². The molecule has 0 saturated heterocycles. The van der Waals surface area contributed by atoms with E-state index in [1.54, 1.807) is 12.1 Å². The number of hydrogen-bond acceptors (Lipinski definition) is 4. The van der Waals surface area contributed by atoms with Crippen LogP contribution in [-0.4, -0.2) is 23.5 Å². The van der Waals surface area contributed by atoms with E-state index in [-0.39, 0.29) is 5.46 Å². The molecule has 0 aliphatic heterocycles. The molecule has 0 amide bonds. The van der Waals surface area contributed by atoms with Crippen molar-refractivity contribution < 1.29 is 19.3 Å². The van der Waals surface area contributed by atoms with Crippen molar-refractivity contribution in [3.05, 3.63) is 30.0 Å². The molecule has 70 valence electrons. The molecule has 0 atom stereocenters. The lowest BCUT2D eigenvalue weighted by molar-refractivity contribution is 0.112. The van der Waals surface area contributed by atoms with E-state index in [1.165, 1.54) is 12.3 Å². The molecule has 0 spiro atoms. The summed E-state index contributed by atoms with van der Waals surface area (Å²) in [4.78, 5) is 10.6. The van der Waals surface area contributed by atoms with Crippen LogP contribution in [0.1, 0.15) is 10.4 Å². The number of furan rings is 1. The van der Waals surface area contributed by atoms with Crippen molar-refractivity contribution in [2.75, 3.05) is 0 Å². The van der Waals surface area contributed by atoms with E-state index >= 15 is 0 Å². The van der Waals surface area contributed by atoms with E-state index < -0.39 is 7.12 Å². The van der Waals surface area contributed by atoms with Crippen molar-refractivity contribution >= 4 is 29.8 Å². The van der Waals surface area contributed by atoms with Gasteiger partial charge in [-0.05, 0) is 18.2 Å². The van der Waals surface area contributed by atoms with Crippen LogP contribution in [0.5, 0.6) is 0 Å². The molecule has 1 aromatic carbocycles. The normalized spacial score (nSPS) is 10.4. The minimum absolute atomic E-state index is 0.203. The van der Waals surface area contributed by atoms with Crippen LogP contribution in [0.25, 0.3) is 11.0 Å². The van der Waals surface area contributed by atoms with Crippen LogP contribution < -0.4 is 5.46 Å². The molecule has 14 heavy (non-hydrogen) atoms. The zero-order valence-electron chi connectivity index (χ0n) is 7.18. The summed E-state index contributed by atoms with van der Waals surface area (Å²) in [6.07, 6.45) is 2.09. The topological polar surface area (TPSA) is 70.7 Å². The molecule has 0 aliphatic rings. The summed E-state index contributed by atoms with van der Waals surface area (Å²) in [7, 11) is -1.64. The first kappa shape index (κ1) is 8.99. The van der Waals surface area contributed by atoms with Crippen LogP contribution in [-0.2, 0) is 0 Å². The Bertz CT molecular complexity index is 475. The SMILES string of the molecule is O=Cc1cc(B(O)O)c2occc2c1. The highest BCUT2D eigenvalue weighted by Gasteiger charge is 2.17. The van der Waals surface area contributed by atoms with Crippen molar-refractivity contribution in [1.82, 2.24) is 0 Å². The van der Waals surface area contributed by atoms with Gasteiger partial charge in [-0.25, -0.2) is 0 Å². The summed E-state index contributed by atoms with van der Waals surface area (Å²) in [6, 6.07) is 4.68. The van der Waals surface area contributed by atoms with Gasteiger partial charge in [0, 0.05) is 16.4 Å². The van der Waals surface area contributed by atoms with Gasteiger partial charge in [-0.3, -0.25) is 4.79 Å². The summed E-state index contributed by atoms with van der Waals surface area (Å²) in [5, 5.41) is 18.8. The maximum absolute atomic E-state index is 10.6. The Hall–Kier alpha value is -1.59. The van der Waals surface area contributed by atoms with Gasteiger partial charge in [-0.15, -0.1) is 0 Å². The van der Waals surface area contributed by atoms with Crippen molar-refractivity contribution in [2.45, 2.75) is 0 Å². The lowest BCUT2D eigenvalue weighted by Gasteiger charge is -2.01. The second-order valence-corrected chi connectivity index (χ2v) is 2.94. The van der Waals surface area contributed by atoms with Gasteiger partial charge in [-0.2, -0.15) is 0 Å². The number of rotatable bonds is 2. The Morgan fingerprint density at radius 3 is 2.79 bits per heavy atom. The predicted molar refractivity (Wildman–Crippen MR) is 51.4 cm³/mol. The summed E-state index contributed by atoms with van der Waals surface area (Å²) in [5.41, 5.74) is 0.988. The molecule has 1 aromatic heterocycles. The van der Waals surface area contributed by atoms with Crippen molar-refractivity contribution in [3.8, 4) is 0 Å². The average molecular weight is 190 g/mol. The van der Waals surface area contributed by atoms with Gasteiger partial charge in [0.05, 0.1) is 6.26 Å². The first-order chi connectivity index (χ1) is 6.72. The van der Waals surface area contributed by atoms with Gasteiger partial charge < -0.3 is 14.5 Å². The van der Waals surface area contributed by atoms with Crippen LogP contribution in [0.15, 0.2) is 28.9 Å². The fourth-order valence-electron chi connectivity index (χ4n) is 1.39. The Kier molecular flexibility index (Phi) is 2.11. The lowest BCUT2D eigenvalue weighted by atomic mass is 9.78. The van der Waals surface area contributed by atoms with Gasteiger partial charge in [-0.1, -0.05) is 0 Å². The molecule has 4 nitrogen and oxygen atoms in total. The smallest absolute Gasteiger partial charge is 0.465 e. The quantitative estimate of drug-likeness (QED) is 0.513. The predicted octanol–water partition coefficient (Wildman–Crippen LogP) is -0.0749. The number of fused-ring (bicyclic) bond motifs is 1. The van der Waals surface area contributed by atoms with Crippen molar-refractivity contribution in [3.63, 3.8) is 0 Å². The van der Waals surface area contributed by atoms with E-state index in [1.807, 2.05) is 0 Å². The van der Waals surface area contributed by atoms with Crippen LogP contribution >= 0.6 is 0 Å². The third-order valence-electron chi connectivity index (χ3n) is 2.02. The number of hydrogen-bond donors (Lipinski definition) is 2. The first-order valence-corrected chi connectivity index (χ1v) is 4.05. The fraction of sp³-hybridized carbons (Fsp3) is 0. The Balaban J connectivity index is 2.76. The first-order valence-electron chi connectivity index (χ1n) is 4.05. The molecule has 2 N–H and O–H groups in total. The lowest BCUT2D eigenvalue weighted by Crippen LogP contribution is -2.30. The number of carbonyl (C=O) groups is 1. The zero-order valence-corrected chi connectivity index (χ0v) is 7.18. The minimum atomic E-state index is -1.64. The summed E-state index contributed by atoms with van der Waals surface area (Å²) < 4.78 is 5.07. The Morgan fingerprint density at radius 1 is 1.36 bits per heavy atom. The third kappa shape index (κ3) is 1.32. The third-order valence-corrected chi connectivity index (χ3v) is 2.02. The van der Waals surface area contributed by atoms with E-state index in [0.717, 1.165) is 0 Å². The highest BCUT2D eigenvalue weighted by Crippen LogP contribution is 2.14. The van der Waals surface area contributed by atoms with Crippen LogP contribution in [0.3, 0.4) is 0 Å². The van der Waals surface area contributed by atoms with Gasteiger partial charge in [0.1, 0.15) is 11.9 Å². The minimum Gasteiger partial charge on any atom is -0.465 e. The Labute approximate surface area is 79.9 Å².